The predicted molar refractivity (Wildman–Crippen MR) is 95.7 cm³/mol. The van der Waals surface area contributed by atoms with Gasteiger partial charge < -0.3 is 10.2 Å². The average molecular weight is 328 g/mol. The smallest absolute Gasteiger partial charge is 0.229 e. The van der Waals surface area contributed by atoms with Gasteiger partial charge in [-0.3, -0.25) is 9.59 Å². The Morgan fingerprint density at radius 2 is 1.62 bits per heavy atom. The molecule has 1 atom stereocenters. The van der Waals surface area contributed by atoms with Gasteiger partial charge in [-0.15, -0.1) is 0 Å². The lowest BCUT2D eigenvalue weighted by Gasteiger charge is -2.35. The number of aryl methyl sites for hydroxylation is 1. The summed E-state index contributed by atoms with van der Waals surface area (Å²) in [5.74, 6) is 0.424. The van der Waals surface area contributed by atoms with Crippen LogP contribution in [0.15, 0.2) is 24.3 Å². The number of rotatable bonds is 3. The number of benzene rings is 1. The highest BCUT2D eigenvalue weighted by molar-refractivity contribution is 5.93. The molecular weight excluding hydrogens is 300 g/mol. The first-order chi connectivity index (χ1) is 11.6. The molecule has 24 heavy (non-hydrogen) atoms. The van der Waals surface area contributed by atoms with Crippen molar-refractivity contribution in [3.05, 3.63) is 29.8 Å². The molecule has 1 saturated heterocycles. The minimum Gasteiger partial charge on any atom is -0.342 e. The zero-order valence-corrected chi connectivity index (χ0v) is 14.6. The summed E-state index contributed by atoms with van der Waals surface area (Å²) in [5, 5.41) is 3.00. The lowest BCUT2D eigenvalue weighted by atomic mass is 9.87. The van der Waals surface area contributed by atoms with Crippen molar-refractivity contribution in [2.75, 3.05) is 18.4 Å². The molecule has 1 aromatic carbocycles. The maximum atomic E-state index is 12.7. The van der Waals surface area contributed by atoms with Crippen LogP contribution in [0.1, 0.15) is 50.5 Å². The van der Waals surface area contributed by atoms with E-state index in [0.717, 1.165) is 37.9 Å². The van der Waals surface area contributed by atoms with Crippen LogP contribution in [0.25, 0.3) is 0 Å². The first-order valence-corrected chi connectivity index (χ1v) is 9.30. The van der Waals surface area contributed by atoms with Crippen LogP contribution in [0.3, 0.4) is 0 Å². The Bertz CT molecular complexity index is 576. The van der Waals surface area contributed by atoms with E-state index in [9.17, 15) is 9.59 Å². The van der Waals surface area contributed by atoms with Crippen LogP contribution in [-0.2, 0) is 9.59 Å². The number of anilines is 1. The van der Waals surface area contributed by atoms with Crippen molar-refractivity contribution in [2.45, 2.75) is 51.9 Å². The fourth-order valence-corrected chi connectivity index (χ4v) is 3.88. The Morgan fingerprint density at radius 3 is 2.33 bits per heavy atom. The van der Waals surface area contributed by atoms with Crippen LogP contribution in [0.2, 0.25) is 0 Å². The van der Waals surface area contributed by atoms with Crippen molar-refractivity contribution in [3.63, 3.8) is 0 Å². The summed E-state index contributed by atoms with van der Waals surface area (Å²) >= 11 is 0. The highest BCUT2D eigenvalue weighted by atomic mass is 16.2. The van der Waals surface area contributed by atoms with Crippen molar-refractivity contribution < 1.29 is 9.59 Å². The van der Waals surface area contributed by atoms with E-state index in [1.807, 2.05) is 36.1 Å². The van der Waals surface area contributed by atoms with Gasteiger partial charge in [-0.25, -0.2) is 0 Å². The molecule has 1 saturated carbocycles. The summed E-state index contributed by atoms with van der Waals surface area (Å²) in [4.78, 5) is 27.2. The highest BCUT2D eigenvalue weighted by Crippen LogP contribution is 2.28. The van der Waals surface area contributed by atoms with Gasteiger partial charge in [0.15, 0.2) is 0 Å². The van der Waals surface area contributed by atoms with Gasteiger partial charge in [-0.2, -0.15) is 0 Å². The van der Waals surface area contributed by atoms with Crippen LogP contribution in [0.5, 0.6) is 0 Å². The maximum Gasteiger partial charge on any atom is 0.229 e. The highest BCUT2D eigenvalue weighted by Gasteiger charge is 2.32. The quantitative estimate of drug-likeness (QED) is 0.918. The zero-order valence-electron chi connectivity index (χ0n) is 14.6. The van der Waals surface area contributed by atoms with Crippen molar-refractivity contribution >= 4 is 17.5 Å². The van der Waals surface area contributed by atoms with Crippen molar-refractivity contribution in [1.82, 2.24) is 4.90 Å². The molecule has 0 unspecified atom stereocenters. The average Bonchev–Trinajstić information content (AvgIpc) is 2.64. The van der Waals surface area contributed by atoms with Gasteiger partial charge in [-0.05, 0) is 44.7 Å². The number of hydrogen-bond acceptors (Lipinski definition) is 2. The van der Waals surface area contributed by atoms with Crippen molar-refractivity contribution in [1.29, 1.82) is 0 Å². The van der Waals surface area contributed by atoms with E-state index in [4.69, 9.17) is 0 Å². The van der Waals surface area contributed by atoms with E-state index >= 15 is 0 Å². The Hall–Kier alpha value is -1.84. The molecule has 1 aliphatic carbocycles. The third-order valence-corrected chi connectivity index (χ3v) is 5.38. The maximum absolute atomic E-state index is 12.7. The number of piperidine rings is 1. The van der Waals surface area contributed by atoms with E-state index in [-0.39, 0.29) is 23.7 Å². The number of nitrogens with one attached hydrogen (secondary N) is 1. The minimum absolute atomic E-state index is 0.0417. The van der Waals surface area contributed by atoms with Gasteiger partial charge in [0.1, 0.15) is 0 Å². The molecule has 130 valence electrons. The Kier molecular flexibility index (Phi) is 5.54. The second-order valence-electron chi connectivity index (χ2n) is 7.31. The van der Waals surface area contributed by atoms with Crippen LogP contribution in [0.4, 0.5) is 5.69 Å². The van der Waals surface area contributed by atoms with Gasteiger partial charge in [-0.1, -0.05) is 37.0 Å². The predicted octanol–water partition coefficient (Wildman–Crippen LogP) is 3.75. The molecule has 0 radical (unpaired) electrons. The van der Waals surface area contributed by atoms with E-state index in [1.54, 1.807) is 0 Å². The fraction of sp³-hybridized carbons (Fsp3) is 0.600. The molecule has 0 spiro atoms. The topological polar surface area (TPSA) is 49.4 Å². The van der Waals surface area contributed by atoms with Gasteiger partial charge in [0.25, 0.3) is 0 Å². The molecule has 0 aromatic heterocycles. The van der Waals surface area contributed by atoms with Crippen LogP contribution in [0, 0.1) is 18.8 Å². The lowest BCUT2D eigenvalue weighted by Crippen LogP contribution is -2.46. The number of carbonyl (C=O) groups excluding carboxylic acids is 2. The zero-order chi connectivity index (χ0) is 16.9. The normalized spacial score (nSPS) is 22.2. The summed E-state index contributed by atoms with van der Waals surface area (Å²) in [6, 6.07) is 7.85. The number of hydrogen-bond donors (Lipinski definition) is 1. The summed E-state index contributed by atoms with van der Waals surface area (Å²) in [7, 11) is 0. The molecular formula is C20H28N2O2. The molecule has 4 nitrogen and oxygen atoms in total. The van der Waals surface area contributed by atoms with Crippen LogP contribution < -0.4 is 5.32 Å². The Labute approximate surface area is 144 Å². The van der Waals surface area contributed by atoms with E-state index in [1.165, 1.54) is 24.8 Å². The first kappa shape index (κ1) is 17.0. The summed E-state index contributed by atoms with van der Waals surface area (Å²) in [5.41, 5.74) is 2.01. The van der Waals surface area contributed by atoms with Gasteiger partial charge in [0.2, 0.25) is 11.8 Å². The van der Waals surface area contributed by atoms with Crippen molar-refractivity contribution in [3.8, 4) is 0 Å². The molecule has 1 aliphatic heterocycles. The van der Waals surface area contributed by atoms with Crippen molar-refractivity contribution in [2.24, 2.45) is 11.8 Å². The largest absolute Gasteiger partial charge is 0.342 e. The third-order valence-electron chi connectivity index (χ3n) is 5.38. The molecule has 3 rings (SSSR count). The fourth-order valence-electron chi connectivity index (χ4n) is 3.88. The lowest BCUT2D eigenvalue weighted by molar-refractivity contribution is -0.139. The van der Waals surface area contributed by atoms with E-state index in [0.29, 0.717) is 6.54 Å². The molecule has 1 heterocycles. The van der Waals surface area contributed by atoms with Gasteiger partial charge in [0.05, 0.1) is 5.92 Å². The van der Waals surface area contributed by atoms with E-state index in [2.05, 4.69) is 5.32 Å². The number of amides is 2. The molecule has 4 heteroatoms. The summed E-state index contributed by atoms with van der Waals surface area (Å²) in [6.45, 7) is 3.41. The summed E-state index contributed by atoms with van der Waals surface area (Å²) < 4.78 is 0. The molecule has 2 aliphatic rings. The molecule has 1 N–H and O–H groups in total. The Morgan fingerprint density at radius 1 is 0.958 bits per heavy atom. The number of nitrogens with zero attached hydrogens (tertiary/aromatic N) is 1. The molecule has 2 amide bonds. The SMILES string of the molecule is Cc1ccc(NC(=O)[C@@H]2CCCN(C(=O)C3CCCCC3)C2)cc1. The van der Waals surface area contributed by atoms with Gasteiger partial charge >= 0.3 is 0 Å². The standard InChI is InChI=1S/C20H28N2O2/c1-15-9-11-18(12-10-15)21-19(23)17-8-5-13-22(14-17)20(24)16-6-3-2-4-7-16/h9-12,16-17H,2-8,13-14H2,1H3,(H,21,23)/t17-/m1/s1. The monoisotopic (exact) mass is 328 g/mol. The van der Waals surface area contributed by atoms with E-state index < -0.39 is 0 Å². The molecule has 2 fully saturated rings. The number of carbonyl (C=O) groups is 2. The molecule has 0 bridgehead atoms. The Balaban J connectivity index is 1.57. The third kappa shape index (κ3) is 4.16. The van der Waals surface area contributed by atoms with Crippen LogP contribution >= 0.6 is 0 Å². The second kappa shape index (κ2) is 7.82. The first-order valence-electron chi connectivity index (χ1n) is 9.30. The van der Waals surface area contributed by atoms with Gasteiger partial charge in [0, 0.05) is 24.7 Å². The summed E-state index contributed by atoms with van der Waals surface area (Å²) in [6.07, 6.45) is 7.43. The van der Waals surface area contributed by atoms with Crippen LogP contribution in [-0.4, -0.2) is 29.8 Å². The minimum atomic E-state index is -0.0902. The molecule has 1 aromatic rings. The second-order valence-corrected chi connectivity index (χ2v) is 7.31. The number of likely N-dealkylation sites (tertiary alicyclic amines) is 1.